The lowest BCUT2D eigenvalue weighted by atomic mass is 9.99. The molecule has 82 valence electrons. The summed E-state index contributed by atoms with van der Waals surface area (Å²) >= 11 is 0. The summed E-state index contributed by atoms with van der Waals surface area (Å²) in [4.78, 5) is 0. The number of nitrogen functional groups attached to an aromatic ring is 1. The molecule has 0 saturated carbocycles. The van der Waals surface area contributed by atoms with Crippen LogP contribution in [0.25, 0.3) is 11.1 Å². The lowest BCUT2D eigenvalue weighted by Crippen LogP contribution is -2.09. The largest absolute Gasteiger partial charge is 0.493 e. The fourth-order valence-electron chi connectivity index (χ4n) is 2.05. The molecule has 0 saturated heterocycles. The van der Waals surface area contributed by atoms with Crippen LogP contribution in [0.5, 0.6) is 5.75 Å². The van der Waals surface area contributed by atoms with Crippen LogP contribution in [-0.2, 0) is 6.42 Å². The number of hydrogen-bond acceptors (Lipinski definition) is 4. The zero-order valence-corrected chi connectivity index (χ0v) is 8.77. The number of rotatable bonds is 1. The van der Waals surface area contributed by atoms with Gasteiger partial charge in [-0.05, 0) is 18.4 Å². The lowest BCUT2D eigenvalue weighted by Gasteiger charge is -2.19. The van der Waals surface area contributed by atoms with Crippen LogP contribution in [-0.4, -0.2) is 11.8 Å². The van der Waals surface area contributed by atoms with Crippen LogP contribution in [0.15, 0.2) is 28.9 Å². The van der Waals surface area contributed by atoms with Gasteiger partial charge in [0.1, 0.15) is 5.75 Å². The van der Waals surface area contributed by atoms with Crippen molar-refractivity contribution in [1.29, 1.82) is 0 Å². The van der Waals surface area contributed by atoms with E-state index in [1.54, 1.807) is 6.20 Å². The Bertz CT molecular complexity index is 519. The Morgan fingerprint density at radius 1 is 1.25 bits per heavy atom. The zero-order chi connectivity index (χ0) is 11.0. The molecule has 1 aliphatic heterocycles. The first-order valence-corrected chi connectivity index (χ1v) is 5.31. The van der Waals surface area contributed by atoms with Crippen molar-refractivity contribution in [2.45, 2.75) is 12.8 Å². The fraction of sp³-hybridized carbons (Fsp3) is 0.250. The van der Waals surface area contributed by atoms with Gasteiger partial charge >= 0.3 is 0 Å². The minimum atomic E-state index is 0.336. The molecule has 1 aliphatic rings. The highest BCUT2D eigenvalue weighted by atomic mass is 16.5. The molecule has 4 heteroatoms. The van der Waals surface area contributed by atoms with Crippen LogP contribution >= 0.6 is 0 Å². The Morgan fingerprint density at radius 3 is 3.00 bits per heavy atom. The quantitative estimate of drug-likeness (QED) is 0.794. The molecular weight excluding hydrogens is 204 g/mol. The number of ether oxygens (including phenoxy) is 1. The van der Waals surface area contributed by atoms with Crippen molar-refractivity contribution in [3.8, 4) is 16.9 Å². The smallest absolute Gasteiger partial charge is 0.230 e. The molecular formula is C12H12N2O2. The summed E-state index contributed by atoms with van der Waals surface area (Å²) in [6.07, 6.45) is 3.74. The van der Waals surface area contributed by atoms with Gasteiger partial charge in [-0.25, -0.2) is 0 Å². The van der Waals surface area contributed by atoms with E-state index in [4.69, 9.17) is 15.0 Å². The van der Waals surface area contributed by atoms with Crippen molar-refractivity contribution < 1.29 is 9.26 Å². The van der Waals surface area contributed by atoms with Gasteiger partial charge in [0.2, 0.25) is 5.88 Å². The van der Waals surface area contributed by atoms with Gasteiger partial charge < -0.3 is 15.0 Å². The Hall–Kier alpha value is -1.97. The molecule has 0 atom stereocenters. The molecule has 4 nitrogen and oxygen atoms in total. The van der Waals surface area contributed by atoms with Gasteiger partial charge in [0.15, 0.2) is 0 Å². The monoisotopic (exact) mass is 216 g/mol. The zero-order valence-electron chi connectivity index (χ0n) is 8.77. The van der Waals surface area contributed by atoms with E-state index in [1.807, 2.05) is 12.1 Å². The molecule has 2 aromatic rings. The maximum absolute atomic E-state index is 5.72. The third kappa shape index (κ3) is 1.34. The van der Waals surface area contributed by atoms with Crippen molar-refractivity contribution in [2.24, 2.45) is 0 Å². The molecule has 0 radical (unpaired) electrons. The Kier molecular flexibility index (Phi) is 2.06. The molecule has 2 N–H and O–H groups in total. The summed E-state index contributed by atoms with van der Waals surface area (Å²) in [5.74, 6) is 1.26. The van der Waals surface area contributed by atoms with E-state index in [-0.39, 0.29) is 0 Å². The van der Waals surface area contributed by atoms with Gasteiger partial charge in [-0.2, -0.15) is 0 Å². The van der Waals surface area contributed by atoms with Crippen LogP contribution < -0.4 is 10.5 Å². The molecule has 0 aliphatic carbocycles. The maximum atomic E-state index is 5.72. The van der Waals surface area contributed by atoms with Gasteiger partial charge in [-0.3, -0.25) is 0 Å². The molecule has 0 amide bonds. The van der Waals surface area contributed by atoms with E-state index in [0.29, 0.717) is 5.88 Å². The maximum Gasteiger partial charge on any atom is 0.230 e. The van der Waals surface area contributed by atoms with Crippen LogP contribution in [0.4, 0.5) is 5.88 Å². The van der Waals surface area contributed by atoms with E-state index < -0.39 is 0 Å². The van der Waals surface area contributed by atoms with Crippen molar-refractivity contribution in [3.63, 3.8) is 0 Å². The number of hydrogen-bond donors (Lipinski definition) is 1. The molecule has 1 aromatic carbocycles. The first-order chi connectivity index (χ1) is 7.86. The summed E-state index contributed by atoms with van der Waals surface area (Å²) in [6, 6.07) is 6.07. The summed E-state index contributed by atoms with van der Waals surface area (Å²) < 4.78 is 10.6. The number of aromatic nitrogens is 1. The van der Waals surface area contributed by atoms with Crippen LogP contribution in [0.1, 0.15) is 12.0 Å². The standard InChI is InChI=1S/C12H12N2O2/c13-12-10(7-14-16-12)9-5-1-3-8-4-2-6-15-11(8)9/h1,3,5,7H,2,4,6,13H2. The van der Waals surface area contributed by atoms with E-state index in [0.717, 1.165) is 36.3 Å². The number of nitrogens with two attached hydrogens (primary N) is 1. The molecule has 0 bridgehead atoms. The van der Waals surface area contributed by atoms with Crippen LogP contribution in [0.2, 0.25) is 0 Å². The highest BCUT2D eigenvalue weighted by Gasteiger charge is 2.18. The first kappa shape index (κ1) is 9.27. The van der Waals surface area contributed by atoms with E-state index >= 15 is 0 Å². The lowest BCUT2D eigenvalue weighted by molar-refractivity contribution is 0.289. The normalized spacial score (nSPS) is 14.2. The summed E-state index contributed by atoms with van der Waals surface area (Å²) in [7, 11) is 0. The predicted molar refractivity (Wildman–Crippen MR) is 60.2 cm³/mol. The van der Waals surface area contributed by atoms with Crippen molar-refractivity contribution >= 4 is 5.88 Å². The predicted octanol–water partition coefficient (Wildman–Crippen LogP) is 2.25. The molecule has 2 heterocycles. The number of aryl methyl sites for hydroxylation is 1. The van der Waals surface area contributed by atoms with Crippen molar-refractivity contribution in [2.75, 3.05) is 12.3 Å². The number of fused-ring (bicyclic) bond motifs is 1. The topological polar surface area (TPSA) is 61.3 Å². The van der Waals surface area contributed by atoms with Gasteiger partial charge in [0, 0.05) is 5.56 Å². The van der Waals surface area contributed by atoms with Crippen LogP contribution in [0.3, 0.4) is 0 Å². The van der Waals surface area contributed by atoms with Crippen molar-refractivity contribution in [3.05, 3.63) is 30.0 Å². The third-order valence-corrected chi connectivity index (χ3v) is 2.82. The highest BCUT2D eigenvalue weighted by molar-refractivity contribution is 5.78. The first-order valence-electron chi connectivity index (χ1n) is 5.31. The molecule has 3 rings (SSSR count). The average molecular weight is 216 g/mol. The number of benzene rings is 1. The van der Waals surface area contributed by atoms with E-state index in [9.17, 15) is 0 Å². The van der Waals surface area contributed by atoms with Crippen LogP contribution in [0, 0.1) is 0 Å². The Balaban J connectivity index is 2.18. The second-order valence-corrected chi connectivity index (χ2v) is 3.85. The number of para-hydroxylation sites is 1. The summed E-state index contributed by atoms with van der Waals surface area (Å²) in [6.45, 7) is 0.759. The second kappa shape index (κ2) is 3.56. The molecule has 16 heavy (non-hydrogen) atoms. The van der Waals surface area contributed by atoms with E-state index in [1.165, 1.54) is 5.56 Å². The molecule has 0 spiro atoms. The minimum Gasteiger partial charge on any atom is -0.493 e. The van der Waals surface area contributed by atoms with Gasteiger partial charge in [-0.15, -0.1) is 0 Å². The number of nitrogens with zero attached hydrogens (tertiary/aromatic N) is 1. The highest BCUT2D eigenvalue weighted by Crippen LogP contribution is 2.38. The molecule has 0 unspecified atom stereocenters. The van der Waals surface area contributed by atoms with Crippen molar-refractivity contribution in [1.82, 2.24) is 5.16 Å². The molecule has 0 fully saturated rings. The SMILES string of the molecule is Nc1oncc1-c1cccc2c1OCCC2. The van der Waals surface area contributed by atoms with Gasteiger partial charge in [0.25, 0.3) is 0 Å². The second-order valence-electron chi connectivity index (χ2n) is 3.85. The van der Waals surface area contributed by atoms with Gasteiger partial charge in [0.05, 0.1) is 18.4 Å². The minimum absolute atomic E-state index is 0.336. The van der Waals surface area contributed by atoms with Gasteiger partial charge in [-0.1, -0.05) is 23.4 Å². The third-order valence-electron chi connectivity index (χ3n) is 2.82. The average Bonchev–Trinajstić information content (AvgIpc) is 2.75. The Morgan fingerprint density at radius 2 is 2.19 bits per heavy atom. The number of anilines is 1. The summed E-state index contributed by atoms with van der Waals surface area (Å²) in [5, 5.41) is 3.69. The Labute approximate surface area is 93.0 Å². The molecule has 1 aromatic heterocycles. The van der Waals surface area contributed by atoms with E-state index in [2.05, 4.69) is 11.2 Å². The fourth-order valence-corrected chi connectivity index (χ4v) is 2.05. The summed E-state index contributed by atoms with van der Waals surface area (Å²) in [5.41, 5.74) is 8.72.